The summed E-state index contributed by atoms with van der Waals surface area (Å²) in [7, 11) is 0. The molecule has 1 N–H and O–H groups in total. The standard InChI is InChI=1S/C14H17BrN2S/c1-4-11-7-12(15)5-6-13(11)17-10(3)14-9(2)16-8-18-14/h5-8,10,17H,4H2,1-3H3. The third-order valence-corrected chi connectivity index (χ3v) is 4.60. The van der Waals surface area contributed by atoms with E-state index in [9.17, 15) is 0 Å². The molecule has 0 saturated heterocycles. The van der Waals surface area contributed by atoms with Gasteiger partial charge in [-0.1, -0.05) is 22.9 Å². The van der Waals surface area contributed by atoms with Crippen LogP contribution < -0.4 is 5.32 Å². The lowest BCUT2D eigenvalue weighted by atomic mass is 10.1. The Hall–Kier alpha value is -0.870. The number of hydrogen-bond acceptors (Lipinski definition) is 3. The van der Waals surface area contributed by atoms with E-state index in [1.54, 1.807) is 11.3 Å². The molecule has 1 unspecified atom stereocenters. The third-order valence-electron chi connectivity index (χ3n) is 3.00. The Morgan fingerprint density at radius 1 is 1.44 bits per heavy atom. The molecule has 4 heteroatoms. The Morgan fingerprint density at radius 3 is 2.83 bits per heavy atom. The predicted octanol–water partition coefficient (Wildman–Crippen LogP) is 4.95. The quantitative estimate of drug-likeness (QED) is 0.860. The van der Waals surface area contributed by atoms with Crippen LogP contribution in [0.15, 0.2) is 28.2 Å². The van der Waals surface area contributed by atoms with Crippen LogP contribution in [0.2, 0.25) is 0 Å². The van der Waals surface area contributed by atoms with Gasteiger partial charge in [0.1, 0.15) is 0 Å². The van der Waals surface area contributed by atoms with Gasteiger partial charge in [0, 0.05) is 15.0 Å². The van der Waals surface area contributed by atoms with Gasteiger partial charge in [0.2, 0.25) is 0 Å². The molecule has 1 heterocycles. The molecule has 0 aliphatic carbocycles. The van der Waals surface area contributed by atoms with Crippen molar-refractivity contribution in [1.82, 2.24) is 4.98 Å². The lowest BCUT2D eigenvalue weighted by molar-refractivity contribution is 0.885. The predicted molar refractivity (Wildman–Crippen MR) is 82.4 cm³/mol. The molecule has 0 fully saturated rings. The Balaban J connectivity index is 2.21. The molecule has 2 rings (SSSR count). The Kier molecular flexibility index (Phi) is 4.40. The molecule has 18 heavy (non-hydrogen) atoms. The molecule has 0 bridgehead atoms. The molecule has 0 aliphatic rings. The van der Waals surface area contributed by atoms with Crippen molar-refractivity contribution in [2.24, 2.45) is 0 Å². The summed E-state index contributed by atoms with van der Waals surface area (Å²) in [6.07, 6.45) is 1.02. The molecule has 1 atom stereocenters. The highest BCUT2D eigenvalue weighted by Crippen LogP contribution is 2.28. The van der Waals surface area contributed by atoms with Crippen LogP contribution in [0.4, 0.5) is 5.69 Å². The Bertz CT molecular complexity index is 536. The summed E-state index contributed by atoms with van der Waals surface area (Å²) in [5.74, 6) is 0. The first-order chi connectivity index (χ1) is 8.61. The van der Waals surface area contributed by atoms with E-state index >= 15 is 0 Å². The van der Waals surface area contributed by atoms with Gasteiger partial charge in [-0.05, 0) is 44.0 Å². The van der Waals surface area contributed by atoms with Gasteiger partial charge in [0.15, 0.2) is 0 Å². The van der Waals surface area contributed by atoms with Crippen LogP contribution in [0, 0.1) is 6.92 Å². The van der Waals surface area contributed by atoms with E-state index in [0.29, 0.717) is 6.04 Å². The van der Waals surface area contributed by atoms with Gasteiger partial charge in [0.25, 0.3) is 0 Å². The number of anilines is 1. The van der Waals surface area contributed by atoms with Crippen molar-refractivity contribution < 1.29 is 0 Å². The average Bonchev–Trinajstić information content (AvgIpc) is 2.77. The van der Waals surface area contributed by atoms with E-state index in [1.165, 1.54) is 16.1 Å². The molecule has 1 aromatic heterocycles. The number of thiazole rings is 1. The van der Waals surface area contributed by atoms with Crippen molar-refractivity contribution in [1.29, 1.82) is 0 Å². The number of nitrogens with zero attached hydrogens (tertiary/aromatic N) is 1. The summed E-state index contributed by atoms with van der Waals surface area (Å²) in [6, 6.07) is 6.68. The Morgan fingerprint density at radius 2 is 2.22 bits per heavy atom. The van der Waals surface area contributed by atoms with Crippen LogP contribution in [-0.4, -0.2) is 4.98 Å². The zero-order valence-corrected chi connectivity index (χ0v) is 13.2. The van der Waals surface area contributed by atoms with E-state index < -0.39 is 0 Å². The van der Waals surface area contributed by atoms with Gasteiger partial charge < -0.3 is 5.32 Å². The summed E-state index contributed by atoms with van der Waals surface area (Å²) >= 11 is 5.23. The number of halogens is 1. The van der Waals surface area contributed by atoms with Crippen molar-refractivity contribution in [3.63, 3.8) is 0 Å². The lowest BCUT2D eigenvalue weighted by Crippen LogP contribution is -2.08. The Labute approximate surface area is 121 Å². The number of hydrogen-bond donors (Lipinski definition) is 1. The lowest BCUT2D eigenvalue weighted by Gasteiger charge is -2.17. The molecule has 0 amide bonds. The normalized spacial score (nSPS) is 12.4. The van der Waals surface area contributed by atoms with Crippen LogP contribution in [0.3, 0.4) is 0 Å². The first-order valence-electron chi connectivity index (χ1n) is 6.06. The summed E-state index contributed by atoms with van der Waals surface area (Å²) < 4.78 is 1.13. The van der Waals surface area contributed by atoms with E-state index in [1.807, 2.05) is 5.51 Å². The van der Waals surface area contributed by atoms with Crippen molar-refractivity contribution in [3.8, 4) is 0 Å². The maximum atomic E-state index is 4.31. The molecule has 0 radical (unpaired) electrons. The van der Waals surface area contributed by atoms with Gasteiger partial charge in [-0.25, -0.2) is 4.98 Å². The minimum Gasteiger partial charge on any atom is -0.377 e. The first-order valence-corrected chi connectivity index (χ1v) is 7.74. The van der Waals surface area contributed by atoms with E-state index in [-0.39, 0.29) is 0 Å². The van der Waals surface area contributed by atoms with Gasteiger partial charge >= 0.3 is 0 Å². The van der Waals surface area contributed by atoms with E-state index in [4.69, 9.17) is 0 Å². The van der Waals surface area contributed by atoms with Crippen molar-refractivity contribution in [3.05, 3.63) is 44.3 Å². The molecule has 1 aromatic carbocycles. The average molecular weight is 325 g/mol. The monoisotopic (exact) mass is 324 g/mol. The fourth-order valence-electron chi connectivity index (χ4n) is 2.02. The zero-order chi connectivity index (χ0) is 13.1. The molecule has 2 nitrogen and oxygen atoms in total. The fourth-order valence-corrected chi connectivity index (χ4v) is 3.24. The first kappa shape index (κ1) is 13.6. The topological polar surface area (TPSA) is 24.9 Å². The summed E-state index contributed by atoms with van der Waals surface area (Å²) in [6.45, 7) is 6.42. The maximum absolute atomic E-state index is 4.31. The van der Waals surface area contributed by atoms with Crippen LogP contribution >= 0.6 is 27.3 Å². The molecule has 2 aromatic rings. The second-order valence-electron chi connectivity index (χ2n) is 4.32. The summed E-state index contributed by atoms with van der Waals surface area (Å²) in [5.41, 5.74) is 5.57. The molecule has 0 aliphatic heterocycles. The second kappa shape index (κ2) is 5.85. The van der Waals surface area contributed by atoms with E-state index in [0.717, 1.165) is 16.6 Å². The van der Waals surface area contributed by atoms with Gasteiger partial charge in [-0.3, -0.25) is 0 Å². The molecule has 0 saturated carbocycles. The minimum absolute atomic E-state index is 0.295. The van der Waals surface area contributed by atoms with E-state index in [2.05, 4.69) is 65.2 Å². The van der Waals surface area contributed by atoms with Crippen molar-refractivity contribution in [2.45, 2.75) is 33.2 Å². The number of benzene rings is 1. The van der Waals surface area contributed by atoms with Crippen LogP contribution in [0.25, 0.3) is 0 Å². The van der Waals surface area contributed by atoms with Crippen molar-refractivity contribution in [2.75, 3.05) is 5.32 Å². The van der Waals surface area contributed by atoms with Crippen LogP contribution in [0.1, 0.15) is 36.0 Å². The van der Waals surface area contributed by atoms with Crippen molar-refractivity contribution >= 4 is 33.0 Å². The number of aromatic nitrogens is 1. The molecule has 96 valence electrons. The second-order valence-corrected chi connectivity index (χ2v) is 6.13. The zero-order valence-electron chi connectivity index (χ0n) is 10.8. The number of aryl methyl sites for hydroxylation is 2. The van der Waals surface area contributed by atoms with Crippen LogP contribution in [0.5, 0.6) is 0 Å². The maximum Gasteiger partial charge on any atom is 0.0798 e. The van der Waals surface area contributed by atoms with Gasteiger partial charge in [0.05, 0.1) is 17.2 Å². The summed E-state index contributed by atoms with van der Waals surface area (Å²) in [5, 5.41) is 3.58. The SMILES string of the molecule is CCc1cc(Br)ccc1NC(C)c1scnc1C. The smallest absolute Gasteiger partial charge is 0.0798 e. The number of rotatable bonds is 4. The largest absolute Gasteiger partial charge is 0.377 e. The number of nitrogens with one attached hydrogen (secondary N) is 1. The fraction of sp³-hybridized carbons (Fsp3) is 0.357. The highest BCUT2D eigenvalue weighted by Gasteiger charge is 2.12. The summed E-state index contributed by atoms with van der Waals surface area (Å²) in [4.78, 5) is 5.61. The molecular formula is C14H17BrN2S. The minimum atomic E-state index is 0.295. The van der Waals surface area contributed by atoms with Crippen LogP contribution in [-0.2, 0) is 6.42 Å². The molecule has 0 spiro atoms. The molecular weight excluding hydrogens is 308 g/mol. The van der Waals surface area contributed by atoms with Gasteiger partial charge in [-0.15, -0.1) is 11.3 Å². The van der Waals surface area contributed by atoms with Gasteiger partial charge in [-0.2, -0.15) is 0 Å². The highest BCUT2D eigenvalue weighted by molar-refractivity contribution is 9.10. The highest BCUT2D eigenvalue weighted by atomic mass is 79.9. The third kappa shape index (κ3) is 2.93.